The van der Waals surface area contributed by atoms with Crippen molar-refractivity contribution in [3.05, 3.63) is 65.9 Å². The van der Waals surface area contributed by atoms with Gasteiger partial charge >= 0.3 is 0 Å². The number of hydrogen-bond donors (Lipinski definition) is 0. The van der Waals surface area contributed by atoms with Crippen LogP contribution >= 0.6 is 0 Å². The lowest BCUT2D eigenvalue weighted by Crippen LogP contribution is -2.02. The van der Waals surface area contributed by atoms with Crippen molar-refractivity contribution in [1.29, 1.82) is 0 Å². The lowest BCUT2D eigenvalue weighted by molar-refractivity contribution is 0.455. The van der Waals surface area contributed by atoms with Gasteiger partial charge in [-0.15, -0.1) is 0 Å². The zero-order valence-corrected chi connectivity index (χ0v) is 13.1. The molecule has 3 aromatic rings. The van der Waals surface area contributed by atoms with Gasteiger partial charge < -0.3 is 4.42 Å². The molecule has 0 N–H and O–H groups in total. The molecule has 1 heterocycles. The Kier molecular flexibility index (Phi) is 3.58. The van der Waals surface area contributed by atoms with Crippen LogP contribution in [0.25, 0.3) is 11.5 Å². The Bertz CT molecular complexity index is 895. The van der Waals surface area contributed by atoms with Gasteiger partial charge in [0.15, 0.2) is 0 Å². The average Bonchev–Trinajstić information content (AvgIpc) is 2.91. The first-order valence-corrected chi connectivity index (χ1v) is 8.31. The minimum Gasteiger partial charge on any atom is -0.424 e. The van der Waals surface area contributed by atoms with Crippen LogP contribution in [0, 0.1) is 13.8 Å². The fourth-order valence-corrected chi connectivity index (χ4v) is 3.49. The largest absolute Gasteiger partial charge is 0.424 e. The molecule has 1 aromatic heterocycles. The predicted molar refractivity (Wildman–Crippen MR) is 83.3 cm³/mol. The molecule has 2 aromatic carbocycles. The third-order valence-electron chi connectivity index (χ3n) is 3.35. The Morgan fingerprint density at radius 2 is 1.55 bits per heavy atom. The molecular formula is C17H15NO3S. The van der Waals surface area contributed by atoms with E-state index in [9.17, 15) is 8.42 Å². The molecule has 0 radical (unpaired) electrons. The molecular weight excluding hydrogens is 298 g/mol. The highest BCUT2D eigenvalue weighted by Gasteiger charge is 2.26. The van der Waals surface area contributed by atoms with Gasteiger partial charge in [0, 0.05) is 5.56 Å². The Labute approximate surface area is 129 Å². The Morgan fingerprint density at radius 1 is 0.909 bits per heavy atom. The van der Waals surface area contributed by atoms with Gasteiger partial charge in [0.2, 0.25) is 20.8 Å². The van der Waals surface area contributed by atoms with E-state index < -0.39 is 9.84 Å². The van der Waals surface area contributed by atoms with Crippen LogP contribution in [0.5, 0.6) is 0 Å². The van der Waals surface area contributed by atoms with Crippen LogP contribution in [-0.4, -0.2) is 13.4 Å². The number of rotatable bonds is 3. The summed E-state index contributed by atoms with van der Waals surface area (Å²) in [5.74, 6) is 0.309. The molecule has 0 atom stereocenters. The van der Waals surface area contributed by atoms with E-state index >= 15 is 0 Å². The van der Waals surface area contributed by atoms with Crippen molar-refractivity contribution in [3.63, 3.8) is 0 Å². The summed E-state index contributed by atoms with van der Waals surface area (Å²) in [6, 6.07) is 15.9. The van der Waals surface area contributed by atoms with Crippen LogP contribution < -0.4 is 0 Å². The number of hydrogen-bond acceptors (Lipinski definition) is 4. The van der Waals surface area contributed by atoms with Gasteiger partial charge in [-0.25, -0.2) is 13.4 Å². The summed E-state index contributed by atoms with van der Waals surface area (Å²) in [4.78, 5) is 4.45. The van der Waals surface area contributed by atoms with Gasteiger partial charge in [0.05, 0.1) is 10.6 Å². The second-order valence-electron chi connectivity index (χ2n) is 5.07. The van der Waals surface area contributed by atoms with Crippen LogP contribution in [-0.2, 0) is 9.84 Å². The van der Waals surface area contributed by atoms with Gasteiger partial charge in [0.1, 0.15) is 0 Å². The van der Waals surface area contributed by atoms with Crippen LogP contribution in [0.2, 0.25) is 0 Å². The molecule has 4 nitrogen and oxygen atoms in total. The van der Waals surface area contributed by atoms with E-state index in [1.165, 1.54) is 0 Å². The number of oxazole rings is 1. The normalized spacial score (nSPS) is 11.5. The number of aryl methyl sites for hydroxylation is 2. The van der Waals surface area contributed by atoms with Crippen LogP contribution in [0.3, 0.4) is 0 Å². The van der Waals surface area contributed by atoms with Crippen LogP contribution in [0.15, 0.2) is 69.0 Å². The fraction of sp³-hybridized carbons (Fsp3) is 0.118. The topological polar surface area (TPSA) is 60.2 Å². The third kappa shape index (κ3) is 2.55. The third-order valence-corrected chi connectivity index (χ3v) is 5.11. The summed E-state index contributed by atoms with van der Waals surface area (Å²) in [5, 5.41) is -0.102. The molecule has 3 rings (SSSR count). The summed E-state index contributed by atoms with van der Waals surface area (Å²) in [6.45, 7) is 3.54. The van der Waals surface area contributed by atoms with Crippen molar-refractivity contribution in [2.24, 2.45) is 0 Å². The Hall–Kier alpha value is -2.40. The molecule has 0 fully saturated rings. The quantitative estimate of drug-likeness (QED) is 0.738. The molecule has 0 aliphatic rings. The average molecular weight is 313 g/mol. The molecule has 22 heavy (non-hydrogen) atoms. The van der Waals surface area contributed by atoms with Crippen molar-refractivity contribution in [1.82, 2.24) is 4.98 Å². The van der Waals surface area contributed by atoms with Gasteiger partial charge in [-0.3, -0.25) is 0 Å². The van der Waals surface area contributed by atoms with E-state index in [0.29, 0.717) is 11.6 Å². The number of aromatic nitrogens is 1. The van der Waals surface area contributed by atoms with Gasteiger partial charge in [-0.1, -0.05) is 35.9 Å². The molecule has 0 saturated carbocycles. The predicted octanol–water partition coefficient (Wildman–Crippen LogP) is 3.79. The van der Waals surface area contributed by atoms with E-state index in [-0.39, 0.29) is 9.99 Å². The zero-order valence-electron chi connectivity index (χ0n) is 12.3. The smallest absolute Gasteiger partial charge is 0.246 e. The van der Waals surface area contributed by atoms with E-state index in [0.717, 1.165) is 11.1 Å². The van der Waals surface area contributed by atoms with Gasteiger partial charge in [-0.05, 0) is 38.1 Å². The highest BCUT2D eigenvalue weighted by Crippen LogP contribution is 2.29. The number of benzene rings is 2. The second-order valence-corrected chi connectivity index (χ2v) is 6.92. The first kappa shape index (κ1) is 14.5. The SMILES string of the molecule is Cc1ccc(S(=O)(=O)c2oc(-c3ccccc3)nc2C)cc1. The van der Waals surface area contributed by atoms with Crippen molar-refractivity contribution >= 4 is 9.84 Å². The minimum atomic E-state index is -3.70. The van der Waals surface area contributed by atoms with Crippen LogP contribution in [0.1, 0.15) is 11.3 Å². The fourth-order valence-electron chi connectivity index (χ4n) is 2.16. The maximum atomic E-state index is 12.7. The summed E-state index contributed by atoms with van der Waals surface area (Å²) >= 11 is 0. The molecule has 112 valence electrons. The van der Waals surface area contributed by atoms with E-state index in [4.69, 9.17) is 4.42 Å². The summed E-state index contributed by atoms with van der Waals surface area (Å²) in [7, 11) is -3.70. The Balaban J connectivity index is 2.09. The molecule has 0 aliphatic carbocycles. The highest BCUT2D eigenvalue weighted by molar-refractivity contribution is 7.91. The number of nitrogens with zero attached hydrogens (tertiary/aromatic N) is 1. The summed E-state index contributed by atoms with van der Waals surface area (Å²) < 4.78 is 30.9. The summed E-state index contributed by atoms with van der Waals surface area (Å²) in [5.41, 5.74) is 2.11. The lowest BCUT2D eigenvalue weighted by atomic mass is 10.2. The first-order valence-electron chi connectivity index (χ1n) is 6.83. The molecule has 0 unspecified atom stereocenters. The zero-order chi connectivity index (χ0) is 15.7. The molecule has 0 spiro atoms. The second kappa shape index (κ2) is 5.42. The standard InChI is InChI=1S/C17H15NO3S/c1-12-8-10-15(11-9-12)22(19,20)17-13(2)18-16(21-17)14-6-4-3-5-7-14/h3-11H,1-2H3. The van der Waals surface area contributed by atoms with Crippen molar-refractivity contribution in [2.45, 2.75) is 23.8 Å². The monoisotopic (exact) mass is 313 g/mol. The number of sulfone groups is 1. The Morgan fingerprint density at radius 3 is 2.18 bits per heavy atom. The summed E-state index contributed by atoms with van der Waals surface area (Å²) in [6.07, 6.45) is 0. The molecule has 0 aliphatic heterocycles. The van der Waals surface area contributed by atoms with E-state index in [2.05, 4.69) is 4.98 Å². The van der Waals surface area contributed by atoms with Gasteiger partial charge in [-0.2, -0.15) is 0 Å². The van der Waals surface area contributed by atoms with Crippen LogP contribution in [0.4, 0.5) is 0 Å². The molecule has 0 amide bonds. The first-order chi connectivity index (χ1) is 10.5. The van der Waals surface area contributed by atoms with Crippen molar-refractivity contribution in [2.75, 3.05) is 0 Å². The maximum Gasteiger partial charge on any atom is 0.246 e. The minimum absolute atomic E-state index is 0.102. The molecule has 0 saturated heterocycles. The van der Waals surface area contributed by atoms with Crippen molar-refractivity contribution in [3.8, 4) is 11.5 Å². The van der Waals surface area contributed by atoms with E-state index in [1.807, 2.05) is 37.3 Å². The lowest BCUT2D eigenvalue weighted by Gasteiger charge is -2.02. The van der Waals surface area contributed by atoms with Crippen molar-refractivity contribution < 1.29 is 12.8 Å². The molecule has 5 heteroatoms. The highest BCUT2D eigenvalue weighted by atomic mass is 32.2. The molecule has 0 bridgehead atoms. The van der Waals surface area contributed by atoms with E-state index in [1.54, 1.807) is 31.2 Å². The maximum absolute atomic E-state index is 12.7. The van der Waals surface area contributed by atoms with Gasteiger partial charge in [0.25, 0.3) is 0 Å².